The van der Waals surface area contributed by atoms with E-state index in [1.165, 1.54) is 5.56 Å². The van der Waals surface area contributed by atoms with Gasteiger partial charge in [0, 0.05) is 36.8 Å². The molecule has 2 heterocycles. The lowest BCUT2D eigenvalue weighted by atomic mass is 10.1. The molecule has 40 heavy (non-hydrogen) atoms. The molecule has 0 aliphatic rings. The number of amides is 2. The summed E-state index contributed by atoms with van der Waals surface area (Å²) in [5, 5.41) is 19.1. The number of hydrogen-bond acceptors (Lipinski definition) is 7. The largest absolute Gasteiger partial charge is 0.363 e. The SMILES string of the molecule is C[C@@H](Nc1ncnc2[nH]c(-c3ccc(C(=O)NCCNCCCCCCC(=O)NO)cc3)cc12)c1ccccc1. The number of hydrogen-bond donors (Lipinski definition) is 6. The van der Waals surface area contributed by atoms with Gasteiger partial charge in [-0.25, -0.2) is 15.4 Å². The van der Waals surface area contributed by atoms with Crippen LogP contribution in [0.1, 0.15) is 61.0 Å². The van der Waals surface area contributed by atoms with E-state index in [1.54, 1.807) is 11.8 Å². The predicted octanol–water partition coefficient (Wildman–Crippen LogP) is 4.57. The van der Waals surface area contributed by atoms with E-state index < -0.39 is 0 Å². The van der Waals surface area contributed by atoms with Crippen LogP contribution in [-0.4, -0.2) is 51.6 Å². The molecule has 2 aromatic carbocycles. The number of aromatic nitrogens is 3. The molecule has 1 atom stereocenters. The lowest BCUT2D eigenvalue weighted by Gasteiger charge is -2.15. The third-order valence-corrected chi connectivity index (χ3v) is 6.76. The Morgan fingerprint density at radius 1 is 0.925 bits per heavy atom. The van der Waals surface area contributed by atoms with E-state index in [-0.39, 0.29) is 17.9 Å². The number of carbonyl (C=O) groups is 2. The summed E-state index contributed by atoms with van der Waals surface area (Å²) in [5.74, 6) is 0.312. The molecular formula is C30H37N7O3. The number of benzene rings is 2. The Hall–Kier alpha value is -4.28. The molecule has 0 radical (unpaired) electrons. The zero-order valence-electron chi connectivity index (χ0n) is 22.7. The van der Waals surface area contributed by atoms with Crippen LogP contribution in [0.2, 0.25) is 0 Å². The fourth-order valence-corrected chi connectivity index (χ4v) is 4.48. The third-order valence-electron chi connectivity index (χ3n) is 6.76. The molecule has 10 heteroatoms. The van der Waals surface area contributed by atoms with Gasteiger partial charge in [-0.15, -0.1) is 0 Å². The Balaban J connectivity index is 1.23. The molecule has 0 bridgehead atoms. The van der Waals surface area contributed by atoms with Crippen molar-refractivity contribution >= 4 is 28.7 Å². The van der Waals surface area contributed by atoms with Crippen molar-refractivity contribution in [3.8, 4) is 11.3 Å². The van der Waals surface area contributed by atoms with Gasteiger partial charge >= 0.3 is 0 Å². The Bertz CT molecular complexity index is 1370. The van der Waals surface area contributed by atoms with Crippen molar-refractivity contribution in [1.29, 1.82) is 0 Å². The van der Waals surface area contributed by atoms with Gasteiger partial charge in [-0.3, -0.25) is 14.8 Å². The average molecular weight is 544 g/mol. The Labute approximate surface area is 234 Å². The van der Waals surface area contributed by atoms with Crippen LogP contribution in [0.5, 0.6) is 0 Å². The molecule has 10 nitrogen and oxygen atoms in total. The van der Waals surface area contributed by atoms with Crippen molar-refractivity contribution < 1.29 is 14.8 Å². The summed E-state index contributed by atoms with van der Waals surface area (Å²) < 4.78 is 0. The van der Waals surface area contributed by atoms with Gasteiger partial charge in [0.2, 0.25) is 5.91 Å². The lowest BCUT2D eigenvalue weighted by Crippen LogP contribution is -2.32. The van der Waals surface area contributed by atoms with Crippen LogP contribution in [0, 0.1) is 0 Å². The van der Waals surface area contributed by atoms with Crippen molar-refractivity contribution in [3.05, 3.63) is 78.1 Å². The number of H-pyrrole nitrogens is 1. The fraction of sp³-hybridized carbons (Fsp3) is 0.333. The smallest absolute Gasteiger partial charge is 0.251 e. The van der Waals surface area contributed by atoms with Crippen LogP contribution in [0.25, 0.3) is 22.3 Å². The Kier molecular flexibility index (Phi) is 10.6. The molecule has 0 saturated carbocycles. The molecule has 0 saturated heterocycles. The first kappa shape index (κ1) is 28.7. The van der Waals surface area contributed by atoms with Crippen molar-refractivity contribution in [1.82, 2.24) is 31.1 Å². The lowest BCUT2D eigenvalue weighted by molar-refractivity contribution is -0.129. The van der Waals surface area contributed by atoms with Gasteiger partial charge < -0.3 is 20.9 Å². The molecule has 6 N–H and O–H groups in total. The van der Waals surface area contributed by atoms with Gasteiger partial charge in [-0.05, 0) is 55.6 Å². The Morgan fingerprint density at radius 2 is 1.70 bits per heavy atom. The molecule has 4 aromatic rings. The van der Waals surface area contributed by atoms with Gasteiger partial charge in [0.15, 0.2) is 0 Å². The van der Waals surface area contributed by atoms with E-state index in [9.17, 15) is 9.59 Å². The van der Waals surface area contributed by atoms with E-state index in [0.717, 1.165) is 60.3 Å². The highest BCUT2D eigenvalue weighted by Crippen LogP contribution is 2.29. The zero-order chi connectivity index (χ0) is 28.2. The minimum Gasteiger partial charge on any atom is -0.363 e. The molecule has 4 rings (SSSR count). The van der Waals surface area contributed by atoms with Gasteiger partial charge in [0.25, 0.3) is 5.91 Å². The number of unbranched alkanes of at least 4 members (excludes halogenated alkanes) is 3. The second-order valence-electron chi connectivity index (χ2n) is 9.73. The molecule has 2 aromatic heterocycles. The Morgan fingerprint density at radius 3 is 2.48 bits per heavy atom. The van der Waals surface area contributed by atoms with Crippen LogP contribution < -0.4 is 21.4 Å². The van der Waals surface area contributed by atoms with Crippen LogP contribution in [0.3, 0.4) is 0 Å². The summed E-state index contributed by atoms with van der Waals surface area (Å²) in [6.07, 6.45) is 5.62. The van der Waals surface area contributed by atoms with Gasteiger partial charge in [-0.1, -0.05) is 55.3 Å². The normalized spacial score (nSPS) is 11.8. The molecule has 0 aliphatic carbocycles. The standard InChI is InChI=1S/C30H37N7O3/c1-21(22-9-5-4-6-10-22)35-28-25-19-26(36-29(25)34-20-33-28)23-12-14-24(15-13-23)30(39)32-18-17-31-16-8-3-2-7-11-27(38)37-40/h4-6,9-10,12-15,19-21,31,40H,2-3,7-8,11,16-18H2,1H3,(H,32,39)(H,37,38)(H2,33,34,35,36)/t21-/m1/s1. The molecule has 0 aliphatic heterocycles. The average Bonchev–Trinajstić information content (AvgIpc) is 3.44. The third kappa shape index (κ3) is 8.11. The molecule has 0 fully saturated rings. The first-order chi connectivity index (χ1) is 19.5. The van der Waals surface area contributed by atoms with E-state index in [1.807, 2.05) is 48.5 Å². The molecule has 0 spiro atoms. The highest BCUT2D eigenvalue weighted by Gasteiger charge is 2.13. The second kappa shape index (κ2) is 14.8. The first-order valence-corrected chi connectivity index (χ1v) is 13.7. The van der Waals surface area contributed by atoms with Crippen molar-refractivity contribution in [2.75, 3.05) is 25.0 Å². The van der Waals surface area contributed by atoms with Crippen molar-refractivity contribution in [2.24, 2.45) is 0 Å². The van der Waals surface area contributed by atoms with E-state index in [4.69, 9.17) is 5.21 Å². The maximum Gasteiger partial charge on any atom is 0.251 e. The highest BCUT2D eigenvalue weighted by atomic mass is 16.5. The quantitative estimate of drug-likeness (QED) is 0.0732. The summed E-state index contributed by atoms with van der Waals surface area (Å²) in [6.45, 7) is 4.18. The number of carbonyl (C=O) groups excluding carboxylic acids is 2. The van der Waals surface area contributed by atoms with Crippen LogP contribution in [0.4, 0.5) is 5.82 Å². The monoisotopic (exact) mass is 543 g/mol. The number of nitrogens with one attached hydrogen (secondary N) is 5. The van der Waals surface area contributed by atoms with Crippen molar-refractivity contribution in [2.45, 2.75) is 45.1 Å². The number of fused-ring (bicyclic) bond motifs is 1. The number of hydroxylamine groups is 1. The summed E-state index contributed by atoms with van der Waals surface area (Å²) in [7, 11) is 0. The molecular weight excluding hydrogens is 506 g/mol. The number of nitrogens with zero attached hydrogens (tertiary/aromatic N) is 2. The van der Waals surface area contributed by atoms with E-state index in [0.29, 0.717) is 25.1 Å². The fourth-order valence-electron chi connectivity index (χ4n) is 4.48. The number of anilines is 1. The summed E-state index contributed by atoms with van der Waals surface area (Å²) >= 11 is 0. The zero-order valence-corrected chi connectivity index (χ0v) is 22.7. The number of rotatable bonds is 15. The summed E-state index contributed by atoms with van der Waals surface area (Å²) in [6, 6.07) is 19.8. The van der Waals surface area contributed by atoms with Crippen LogP contribution >= 0.6 is 0 Å². The van der Waals surface area contributed by atoms with Crippen LogP contribution in [0.15, 0.2) is 67.0 Å². The van der Waals surface area contributed by atoms with Gasteiger partial charge in [0.1, 0.15) is 17.8 Å². The number of aromatic amines is 1. The minimum absolute atomic E-state index is 0.0875. The predicted molar refractivity (Wildman–Crippen MR) is 156 cm³/mol. The topological polar surface area (TPSA) is 144 Å². The second-order valence-corrected chi connectivity index (χ2v) is 9.73. The highest BCUT2D eigenvalue weighted by molar-refractivity contribution is 5.95. The van der Waals surface area contributed by atoms with Gasteiger partial charge in [0.05, 0.1) is 5.39 Å². The molecule has 2 amide bonds. The molecule has 210 valence electrons. The van der Waals surface area contributed by atoms with E-state index >= 15 is 0 Å². The maximum absolute atomic E-state index is 12.6. The van der Waals surface area contributed by atoms with Gasteiger partial charge in [-0.2, -0.15) is 0 Å². The van der Waals surface area contributed by atoms with E-state index in [2.05, 4.69) is 50.0 Å². The van der Waals surface area contributed by atoms with Crippen molar-refractivity contribution in [3.63, 3.8) is 0 Å². The summed E-state index contributed by atoms with van der Waals surface area (Å²) in [4.78, 5) is 35.7. The first-order valence-electron chi connectivity index (χ1n) is 13.7. The minimum atomic E-state index is -0.341. The summed E-state index contributed by atoms with van der Waals surface area (Å²) in [5.41, 5.74) is 6.02. The maximum atomic E-state index is 12.6. The molecule has 0 unspecified atom stereocenters. The van der Waals surface area contributed by atoms with Crippen LogP contribution in [-0.2, 0) is 4.79 Å².